The van der Waals surface area contributed by atoms with Crippen molar-refractivity contribution in [3.8, 4) is 0 Å². The highest BCUT2D eigenvalue weighted by molar-refractivity contribution is 5.80. The molecular weight excluding hydrogens is 1180 g/mol. The molecule has 13 saturated carbocycles. The first-order chi connectivity index (χ1) is 46.5. The van der Waals surface area contributed by atoms with E-state index in [4.69, 9.17) is 25.3 Å². The van der Waals surface area contributed by atoms with Gasteiger partial charge in [-0.2, -0.15) is 25.9 Å². The fourth-order valence-electron chi connectivity index (χ4n) is 26.2. The number of carbonyl (C=O) groups excluding carboxylic acids is 1. The minimum atomic E-state index is -0.796. The summed E-state index contributed by atoms with van der Waals surface area (Å²) in [6.07, 6.45) is 54.1. The third-order valence-corrected chi connectivity index (χ3v) is 31.4. The van der Waals surface area contributed by atoms with Crippen LogP contribution in [0, 0.1) is 88.8 Å². The molecule has 95 heavy (non-hydrogen) atoms. The van der Waals surface area contributed by atoms with Gasteiger partial charge in [-0.3, -0.25) is 9.69 Å². The van der Waals surface area contributed by atoms with Gasteiger partial charge in [-0.05, 0) is 290 Å². The van der Waals surface area contributed by atoms with Crippen molar-refractivity contribution in [2.24, 2.45) is 109 Å². The van der Waals surface area contributed by atoms with E-state index in [-0.39, 0.29) is 48.0 Å². The number of hydrogen-bond donors (Lipinski definition) is 7. The number of fused-ring (bicyclic) bond motifs is 10. The number of aliphatic hydroxyl groups is 2. The zero-order chi connectivity index (χ0) is 64.5. The lowest BCUT2D eigenvalue weighted by molar-refractivity contribution is -0.136. The van der Waals surface area contributed by atoms with Gasteiger partial charge in [-0.25, -0.2) is 0 Å². The highest BCUT2D eigenvalue weighted by Gasteiger charge is 2.59. The van der Waals surface area contributed by atoms with Gasteiger partial charge in [0, 0.05) is 84.2 Å². The molecule has 2 aliphatic heterocycles. The maximum absolute atomic E-state index is 14.9. The second-order valence-electron chi connectivity index (χ2n) is 37.0. The van der Waals surface area contributed by atoms with Crippen molar-refractivity contribution in [3.05, 3.63) is 0 Å². The summed E-state index contributed by atoms with van der Waals surface area (Å²) < 4.78 is 0. The van der Waals surface area contributed by atoms with E-state index in [0.29, 0.717) is 90.3 Å². The molecule has 2 saturated heterocycles. The molecular formula is C81H138N10O4. The Morgan fingerprint density at radius 1 is 0.474 bits per heavy atom. The lowest BCUT2D eigenvalue weighted by atomic mass is 9.58. The summed E-state index contributed by atoms with van der Waals surface area (Å²) in [6.45, 7) is 7.85. The SMILES string of the molecule is CCC1CCCCC1NOCC1CC2CCC3C4CCCCC4NC3C2C(N=NC2CCC(NC3CCC(N=NC4C(O)C(C(=O)NC5CCCC(CC6CCC(N(C7CCC(C)CC7)C7CCC(C)CC7)CC6)C5)CC5CCC6C7CCCCC7NC6C54)CC3)CC2)C1O. The number of azo groups is 2. The monoisotopic (exact) mass is 1320 g/mol. The lowest BCUT2D eigenvalue weighted by Crippen LogP contribution is -2.59. The summed E-state index contributed by atoms with van der Waals surface area (Å²) in [5, 5.41) is 62.7. The fourth-order valence-corrected chi connectivity index (χ4v) is 26.2. The number of carbonyl (C=O) groups is 1. The van der Waals surface area contributed by atoms with E-state index in [1.165, 1.54) is 199 Å². The molecule has 536 valence electrons. The van der Waals surface area contributed by atoms with Crippen molar-refractivity contribution in [2.45, 2.75) is 406 Å². The van der Waals surface area contributed by atoms with E-state index in [0.717, 1.165) is 131 Å². The molecule has 0 bridgehead atoms. The van der Waals surface area contributed by atoms with Gasteiger partial charge in [0.15, 0.2) is 0 Å². The van der Waals surface area contributed by atoms with Gasteiger partial charge in [0.05, 0.1) is 36.8 Å². The first kappa shape index (κ1) is 69.1. The Morgan fingerprint density at radius 3 is 1.58 bits per heavy atom. The van der Waals surface area contributed by atoms with Gasteiger partial charge in [-0.1, -0.05) is 78.6 Å². The summed E-state index contributed by atoms with van der Waals surface area (Å²) in [7, 11) is 0. The van der Waals surface area contributed by atoms with Gasteiger partial charge in [0.2, 0.25) is 5.91 Å². The van der Waals surface area contributed by atoms with Crippen LogP contribution in [0.3, 0.4) is 0 Å². The van der Waals surface area contributed by atoms with Crippen molar-refractivity contribution < 1.29 is 19.8 Å². The van der Waals surface area contributed by atoms with Crippen LogP contribution in [-0.4, -0.2) is 130 Å². The van der Waals surface area contributed by atoms with Crippen LogP contribution in [0.2, 0.25) is 0 Å². The smallest absolute Gasteiger partial charge is 0.226 e. The van der Waals surface area contributed by atoms with E-state index >= 15 is 0 Å². The van der Waals surface area contributed by atoms with Crippen LogP contribution < -0.4 is 26.7 Å². The largest absolute Gasteiger partial charge is 0.390 e. The molecule has 15 aliphatic rings. The summed E-state index contributed by atoms with van der Waals surface area (Å²) in [5.74, 6) is 8.24. The summed E-state index contributed by atoms with van der Waals surface area (Å²) in [6, 6.07) is 6.01. The zero-order valence-corrected chi connectivity index (χ0v) is 60.2. The summed E-state index contributed by atoms with van der Waals surface area (Å²) in [5.41, 5.74) is 3.53. The van der Waals surface area contributed by atoms with Crippen LogP contribution in [0.1, 0.15) is 303 Å². The van der Waals surface area contributed by atoms with Gasteiger partial charge >= 0.3 is 0 Å². The van der Waals surface area contributed by atoms with Gasteiger partial charge in [0.1, 0.15) is 12.1 Å². The average molecular weight is 1320 g/mol. The molecule has 2 heterocycles. The normalized spacial score (nSPS) is 49.7. The Labute approximate surface area is 576 Å². The number of hydroxylamine groups is 1. The standard InChI is InChI=1S/C81H138N10O4/c1-4-53-13-5-8-17-70(53)90-95-48-56-46-54-26-42-67-65-15-6-9-18-71(65)84-75(67)73(54)77(79(56)92)88-86-59-32-28-57(29-33-59)82-58-30-34-60(35-31-58)87-89-78-74-55(27-43-68-66-16-7-10-19-72(66)85-76(68)74)47-69(80(78)93)81(94)83-61-14-11-12-52(45-61)44-51-24-40-64(41-25-51)91(62-36-20-49(2)21-37-62)63-38-22-50(3)23-39-63/h49-80,82,84-85,90,92-93H,4-48H2,1-3H3,(H,83,94). The number of nitrogens with one attached hydrogen (secondary N) is 5. The van der Waals surface area contributed by atoms with E-state index in [1.54, 1.807) is 0 Å². The maximum Gasteiger partial charge on any atom is 0.226 e. The highest BCUT2D eigenvalue weighted by Crippen LogP contribution is 2.56. The molecule has 0 radical (unpaired) electrons. The van der Waals surface area contributed by atoms with Crippen LogP contribution in [0.25, 0.3) is 0 Å². The van der Waals surface area contributed by atoms with Crippen molar-refractivity contribution in [1.29, 1.82) is 0 Å². The lowest BCUT2D eigenvalue weighted by Gasteiger charge is -2.50. The number of rotatable bonds is 18. The molecule has 14 heteroatoms. The summed E-state index contributed by atoms with van der Waals surface area (Å²) in [4.78, 5) is 24.4. The van der Waals surface area contributed by atoms with Gasteiger partial charge in [-0.15, -0.1) is 0 Å². The second-order valence-corrected chi connectivity index (χ2v) is 37.0. The predicted molar refractivity (Wildman–Crippen MR) is 380 cm³/mol. The molecule has 0 spiro atoms. The molecule has 0 aromatic heterocycles. The van der Waals surface area contributed by atoms with Crippen molar-refractivity contribution in [1.82, 2.24) is 31.6 Å². The van der Waals surface area contributed by atoms with Crippen molar-refractivity contribution in [2.75, 3.05) is 6.61 Å². The molecule has 14 nitrogen and oxygen atoms in total. The zero-order valence-electron chi connectivity index (χ0n) is 60.2. The Kier molecular flexibility index (Phi) is 23.2. The Bertz CT molecular complexity index is 2440. The minimum absolute atomic E-state index is 0.0783. The molecule has 15 rings (SSSR count). The Hall–Kier alpha value is -1.65. The molecule has 22 unspecified atom stereocenters. The van der Waals surface area contributed by atoms with Gasteiger partial charge < -0.3 is 36.3 Å². The molecule has 13 aliphatic carbocycles. The molecule has 0 aromatic rings. The van der Waals surface area contributed by atoms with Crippen molar-refractivity contribution >= 4 is 5.91 Å². The van der Waals surface area contributed by atoms with Crippen LogP contribution in [0.5, 0.6) is 0 Å². The quantitative estimate of drug-likeness (QED) is 0.0519. The van der Waals surface area contributed by atoms with Crippen molar-refractivity contribution in [3.63, 3.8) is 0 Å². The van der Waals surface area contributed by atoms with E-state index in [2.05, 4.69) is 52.4 Å². The number of aliphatic hydroxyl groups excluding tert-OH is 2. The third-order valence-electron chi connectivity index (χ3n) is 31.4. The minimum Gasteiger partial charge on any atom is -0.390 e. The van der Waals surface area contributed by atoms with Crippen LogP contribution >= 0.6 is 0 Å². The first-order valence-corrected chi connectivity index (χ1v) is 42.4. The molecule has 0 aromatic carbocycles. The number of nitrogens with zero attached hydrogens (tertiary/aromatic N) is 5. The third kappa shape index (κ3) is 15.7. The van der Waals surface area contributed by atoms with E-state index in [1.807, 2.05) is 0 Å². The van der Waals surface area contributed by atoms with E-state index in [9.17, 15) is 15.0 Å². The molecule has 15 fully saturated rings. The van der Waals surface area contributed by atoms with E-state index < -0.39 is 18.1 Å². The predicted octanol–water partition coefficient (Wildman–Crippen LogP) is 15.5. The number of hydrogen-bond acceptors (Lipinski definition) is 13. The molecule has 22 atom stereocenters. The van der Waals surface area contributed by atoms with Crippen LogP contribution in [0.4, 0.5) is 0 Å². The Balaban J connectivity index is 0.540. The molecule has 7 N–H and O–H groups in total. The van der Waals surface area contributed by atoms with Crippen LogP contribution in [0.15, 0.2) is 20.5 Å². The van der Waals surface area contributed by atoms with Gasteiger partial charge in [0.25, 0.3) is 0 Å². The fraction of sp³-hybridized carbons (Fsp3) is 0.988. The molecule has 1 amide bonds. The first-order valence-electron chi connectivity index (χ1n) is 42.4. The van der Waals surface area contributed by atoms with Crippen LogP contribution in [-0.2, 0) is 9.63 Å². The average Bonchev–Trinajstić information content (AvgIpc) is 1.65. The highest BCUT2D eigenvalue weighted by atomic mass is 16.6. The summed E-state index contributed by atoms with van der Waals surface area (Å²) >= 11 is 0. The topological polar surface area (TPSA) is 180 Å². The number of amides is 1. The Morgan fingerprint density at radius 2 is 1.00 bits per heavy atom. The second kappa shape index (κ2) is 31.9. The maximum atomic E-state index is 14.9.